The van der Waals surface area contributed by atoms with Crippen LogP contribution in [0.2, 0.25) is 0 Å². The predicted molar refractivity (Wildman–Crippen MR) is 212 cm³/mol. The van der Waals surface area contributed by atoms with Gasteiger partial charge in [0.2, 0.25) is 0 Å². The molecular weight excluding hydrogens is 663 g/mol. The molecule has 0 spiro atoms. The molecule has 0 aliphatic heterocycles. The molecule has 51 heavy (non-hydrogen) atoms. The summed E-state index contributed by atoms with van der Waals surface area (Å²) in [4.78, 5) is 34.7. The molecule has 0 bridgehead atoms. The van der Waals surface area contributed by atoms with Crippen molar-refractivity contribution in [3.05, 3.63) is 36.5 Å². The minimum Gasteiger partial charge on any atom is -0.462 e. The van der Waals surface area contributed by atoms with Crippen LogP contribution in [0.15, 0.2) is 36.5 Å². The highest BCUT2D eigenvalue weighted by Crippen LogP contribution is 2.43. The van der Waals surface area contributed by atoms with Crippen molar-refractivity contribution in [3.8, 4) is 0 Å². The summed E-state index contributed by atoms with van der Waals surface area (Å²) in [5.41, 5.74) is 0. The van der Waals surface area contributed by atoms with Crippen LogP contribution < -0.4 is 0 Å². The quantitative estimate of drug-likeness (QED) is 0.0288. The van der Waals surface area contributed by atoms with Gasteiger partial charge >= 0.3 is 19.8 Å². The molecule has 0 aromatic heterocycles. The van der Waals surface area contributed by atoms with Crippen LogP contribution in [0.1, 0.15) is 194 Å². The van der Waals surface area contributed by atoms with E-state index in [9.17, 15) is 19.0 Å². The van der Waals surface area contributed by atoms with Crippen molar-refractivity contribution in [2.24, 2.45) is 0 Å². The van der Waals surface area contributed by atoms with Crippen LogP contribution in [0.3, 0.4) is 0 Å². The number of phosphoric ester groups is 1. The first-order valence-corrected chi connectivity index (χ1v) is 22.3. The molecule has 0 aliphatic rings. The van der Waals surface area contributed by atoms with Gasteiger partial charge in [-0.15, -0.1) is 0 Å². The van der Waals surface area contributed by atoms with Crippen LogP contribution in [0.5, 0.6) is 0 Å². The summed E-state index contributed by atoms with van der Waals surface area (Å²) in [6.45, 7) is 5.43. The first-order chi connectivity index (χ1) is 24.8. The second-order valence-corrected chi connectivity index (χ2v) is 15.1. The Morgan fingerprint density at radius 2 is 0.941 bits per heavy atom. The number of ether oxygens (including phenoxy) is 2. The fourth-order valence-corrected chi connectivity index (χ4v) is 6.39. The summed E-state index contributed by atoms with van der Waals surface area (Å²) in [6.07, 6.45) is 41.9. The van der Waals surface area contributed by atoms with E-state index in [2.05, 4.69) is 50.3 Å². The summed E-state index contributed by atoms with van der Waals surface area (Å²) >= 11 is 0. The molecule has 0 saturated carbocycles. The van der Waals surface area contributed by atoms with E-state index < -0.39 is 26.5 Å². The molecule has 0 aliphatic carbocycles. The Balaban J connectivity index is 4.12. The zero-order valence-corrected chi connectivity index (χ0v) is 33.9. The van der Waals surface area contributed by atoms with Crippen LogP contribution >= 0.6 is 7.82 Å². The maximum Gasteiger partial charge on any atom is 0.472 e. The van der Waals surface area contributed by atoms with Gasteiger partial charge in [-0.1, -0.05) is 159 Å². The van der Waals surface area contributed by atoms with Crippen molar-refractivity contribution < 1.29 is 37.6 Å². The summed E-state index contributed by atoms with van der Waals surface area (Å²) in [7, 11) is -4.28. The van der Waals surface area contributed by atoms with E-state index in [4.69, 9.17) is 18.5 Å². The fourth-order valence-electron chi connectivity index (χ4n) is 5.64. The van der Waals surface area contributed by atoms with Crippen LogP contribution in [0.4, 0.5) is 0 Å². The van der Waals surface area contributed by atoms with E-state index in [-0.39, 0.29) is 25.6 Å². The van der Waals surface area contributed by atoms with Gasteiger partial charge in [-0.25, -0.2) is 4.57 Å². The van der Waals surface area contributed by atoms with E-state index in [1.165, 1.54) is 96.3 Å². The number of carbonyl (C=O) groups is 2. The molecule has 0 radical (unpaired) electrons. The predicted octanol–water partition coefficient (Wildman–Crippen LogP) is 12.8. The van der Waals surface area contributed by atoms with E-state index in [0.29, 0.717) is 12.8 Å². The van der Waals surface area contributed by atoms with Crippen molar-refractivity contribution in [3.63, 3.8) is 0 Å². The Bertz CT molecular complexity index is 932. The third-order valence-corrected chi connectivity index (χ3v) is 9.76. The summed E-state index contributed by atoms with van der Waals surface area (Å²) in [5, 5.41) is 0. The van der Waals surface area contributed by atoms with Crippen LogP contribution in [-0.4, -0.2) is 42.8 Å². The lowest BCUT2D eigenvalue weighted by atomic mass is 10.0. The van der Waals surface area contributed by atoms with Gasteiger partial charge in [-0.05, 0) is 58.3 Å². The third-order valence-electron chi connectivity index (χ3n) is 8.70. The molecule has 0 aromatic rings. The summed E-state index contributed by atoms with van der Waals surface area (Å²) < 4.78 is 32.6. The standard InChI is InChI=1S/C42H77O8P/c1-4-7-9-11-13-15-17-19-20-21-22-23-24-25-27-29-31-33-35-37-42(44)50-40(39-49-51(45,46)48-6-3)38-47-41(43)36-34-32-30-28-26-18-16-14-12-10-8-5-2/h13,15,19-20,22-23,40H,4-12,14,16-18,21,24-39H2,1-3H3,(H,45,46)/b15-13-,20-19-,23-22-. The van der Waals surface area contributed by atoms with E-state index in [1.807, 2.05) is 0 Å². The van der Waals surface area contributed by atoms with Crippen molar-refractivity contribution in [1.29, 1.82) is 0 Å². The zero-order valence-electron chi connectivity index (χ0n) is 33.0. The number of rotatable bonds is 38. The molecule has 2 atom stereocenters. The molecule has 9 heteroatoms. The zero-order chi connectivity index (χ0) is 37.5. The Morgan fingerprint density at radius 1 is 0.529 bits per heavy atom. The van der Waals surface area contributed by atoms with Gasteiger partial charge in [0, 0.05) is 12.8 Å². The average molecular weight is 741 g/mol. The molecule has 298 valence electrons. The SMILES string of the molecule is CCCCC/C=C\C/C=C\C/C=C\CCCCCCCCC(=O)OC(COC(=O)CCCCCCCCCCCCCC)COP(=O)(O)OCC. The third kappa shape index (κ3) is 37.8. The molecule has 0 aromatic carbocycles. The number of carbonyl (C=O) groups excluding carboxylic acids is 2. The highest BCUT2D eigenvalue weighted by atomic mass is 31.2. The number of unbranched alkanes of at least 4 members (excludes halogenated alkanes) is 20. The number of allylic oxidation sites excluding steroid dienone is 6. The second kappa shape index (κ2) is 38.0. The molecule has 8 nitrogen and oxygen atoms in total. The van der Waals surface area contributed by atoms with E-state index in [0.717, 1.165) is 57.8 Å². The number of hydrogen-bond acceptors (Lipinski definition) is 7. The Labute approximate surface area is 313 Å². The minimum atomic E-state index is -4.28. The van der Waals surface area contributed by atoms with Gasteiger partial charge in [0.05, 0.1) is 13.2 Å². The maximum atomic E-state index is 12.5. The van der Waals surface area contributed by atoms with Gasteiger partial charge in [0.25, 0.3) is 0 Å². The first kappa shape index (κ1) is 49.3. The average Bonchev–Trinajstić information content (AvgIpc) is 3.10. The van der Waals surface area contributed by atoms with Crippen molar-refractivity contribution in [2.75, 3.05) is 19.8 Å². The number of phosphoric acid groups is 1. The van der Waals surface area contributed by atoms with E-state index >= 15 is 0 Å². The molecule has 0 saturated heterocycles. The first-order valence-electron chi connectivity index (χ1n) is 20.8. The Kier molecular flexibility index (Phi) is 36.7. The largest absolute Gasteiger partial charge is 0.472 e. The maximum absolute atomic E-state index is 12.5. The van der Waals surface area contributed by atoms with Gasteiger partial charge in [-0.3, -0.25) is 18.6 Å². The van der Waals surface area contributed by atoms with E-state index in [1.54, 1.807) is 6.92 Å². The van der Waals surface area contributed by atoms with Crippen molar-refractivity contribution >= 4 is 19.8 Å². The van der Waals surface area contributed by atoms with Crippen LogP contribution in [0, 0.1) is 0 Å². The van der Waals surface area contributed by atoms with Gasteiger partial charge in [-0.2, -0.15) is 0 Å². The van der Waals surface area contributed by atoms with Crippen molar-refractivity contribution in [2.45, 2.75) is 200 Å². The lowest BCUT2D eigenvalue weighted by Gasteiger charge is -2.19. The molecule has 0 heterocycles. The Morgan fingerprint density at radius 3 is 1.45 bits per heavy atom. The minimum absolute atomic E-state index is 0.00185. The molecule has 1 N–H and O–H groups in total. The normalized spacial score (nSPS) is 13.7. The Hall–Kier alpha value is -1.73. The lowest BCUT2D eigenvalue weighted by molar-refractivity contribution is -0.161. The van der Waals surface area contributed by atoms with Crippen molar-refractivity contribution in [1.82, 2.24) is 0 Å². The van der Waals surface area contributed by atoms with Crippen LogP contribution in [-0.2, 0) is 32.7 Å². The van der Waals surface area contributed by atoms with Gasteiger partial charge in [0.15, 0.2) is 6.10 Å². The molecule has 0 amide bonds. The molecule has 0 fully saturated rings. The number of hydrogen-bond donors (Lipinski definition) is 1. The van der Waals surface area contributed by atoms with Crippen LogP contribution in [0.25, 0.3) is 0 Å². The number of esters is 2. The monoisotopic (exact) mass is 741 g/mol. The smallest absolute Gasteiger partial charge is 0.462 e. The summed E-state index contributed by atoms with van der Waals surface area (Å²) in [5.74, 6) is -0.809. The fraction of sp³-hybridized carbons (Fsp3) is 0.810. The second-order valence-electron chi connectivity index (χ2n) is 13.7. The topological polar surface area (TPSA) is 108 Å². The summed E-state index contributed by atoms with van der Waals surface area (Å²) in [6, 6.07) is 0. The van der Waals surface area contributed by atoms with Gasteiger partial charge in [0.1, 0.15) is 6.61 Å². The molecule has 0 rings (SSSR count). The highest BCUT2D eigenvalue weighted by molar-refractivity contribution is 7.47. The molecule has 2 unspecified atom stereocenters. The molecular formula is C42H77O8P. The highest BCUT2D eigenvalue weighted by Gasteiger charge is 2.25. The lowest BCUT2D eigenvalue weighted by Crippen LogP contribution is -2.29. The van der Waals surface area contributed by atoms with Gasteiger partial charge < -0.3 is 14.4 Å².